The van der Waals surface area contributed by atoms with Gasteiger partial charge in [0.05, 0.1) is 39.5 Å². The fraction of sp³-hybridized carbons (Fsp3) is 0. The SMILES string of the molecule is [Si]Oc1cccc(O[Si])c1-c1c2nc(c(-c3ccccc3)c3nc(c(-c4c(O[Si])cccc4O[Si])c4ccc([nH]4)c(-c4c(O[Si])cccc4O[Si])c4ccc1[nH]4)C=C3)C=C2. The zero-order valence-corrected chi connectivity index (χ0v) is 37.0. The van der Waals surface area contributed by atoms with Gasteiger partial charge in [0.25, 0.3) is 0 Å². The lowest BCUT2D eigenvalue weighted by atomic mass is 10.0. The van der Waals surface area contributed by atoms with E-state index in [1.54, 1.807) is 0 Å². The van der Waals surface area contributed by atoms with E-state index in [-0.39, 0.29) is 0 Å². The fourth-order valence-corrected chi connectivity index (χ4v) is 8.71. The van der Waals surface area contributed by atoms with E-state index in [1.807, 2.05) is 133 Å². The van der Waals surface area contributed by atoms with Crippen molar-refractivity contribution in [3.05, 3.63) is 132 Å². The lowest BCUT2D eigenvalue weighted by Crippen LogP contribution is -1.97. The van der Waals surface area contributed by atoms with Crippen molar-refractivity contribution >= 4 is 109 Å². The van der Waals surface area contributed by atoms with Crippen LogP contribution in [0.4, 0.5) is 0 Å². The third-order valence-corrected chi connectivity index (χ3v) is 11.5. The summed E-state index contributed by atoms with van der Waals surface area (Å²) in [5.41, 5.74) is 11.2. The van der Waals surface area contributed by atoms with Gasteiger partial charge in [0.15, 0.2) is 0 Å². The van der Waals surface area contributed by atoms with Crippen LogP contribution in [0.1, 0.15) is 22.8 Å². The summed E-state index contributed by atoms with van der Waals surface area (Å²) in [5, 5.41) is 0. The second-order valence-electron chi connectivity index (χ2n) is 13.4. The van der Waals surface area contributed by atoms with Crippen LogP contribution in [0.2, 0.25) is 0 Å². The molecule has 0 spiro atoms. The van der Waals surface area contributed by atoms with Crippen molar-refractivity contribution in [1.82, 2.24) is 19.9 Å². The van der Waals surface area contributed by atoms with Gasteiger partial charge in [-0.1, -0.05) is 48.5 Å². The monoisotopic (exact) mass is 872 g/mol. The Morgan fingerprint density at radius 2 is 0.600 bits per heavy atom. The van der Waals surface area contributed by atoms with E-state index in [0.29, 0.717) is 113 Å². The molecule has 2 aliphatic heterocycles. The molecule has 0 aliphatic carbocycles. The van der Waals surface area contributed by atoms with Crippen LogP contribution in [0, 0.1) is 0 Å². The molecular formula is C44H24N4O6Si6. The van der Waals surface area contributed by atoms with Crippen molar-refractivity contribution in [2.75, 3.05) is 0 Å². The number of nitrogens with zero attached hydrogens (tertiary/aromatic N) is 2. The number of fused-ring (bicyclic) bond motifs is 8. The molecule has 18 radical (unpaired) electrons. The summed E-state index contributed by atoms with van der Waals surface area (Å²) >= 11 is 0. The number of benzene rings is 4. The van der Waals surface area contributed by atoms with Crippen LogP contribution in [0.25, 0.3) is 90.9 Å². The Hall–Kier alpha value is -6.42. The van der Waals surface area contributed by atoms with Crippen LogP contribution < -0.4 is 26.6 Å². The highest BCUT2D eigenvalue weighted by Crippen LogP contribution is 2.47. The van der Waals surface area contributed by atoms with Gasteiger partial charge < -0.3 is 36.5 Å². The second-order valence-corrected chi connectivity index (χ2v) is 14.6. The van der Waals surface area contributed by atoms with E-state index < -0.39 is 0 Å². The molecule has 0 atom stereocenters. The molecule has 0 amide bonds. The van der Waals surface area contributed by atoms with Crippen LogP contribution >= 0.6 is 0 Å². The van der Waals surface area contributed by atoms with Crippen molar-refractivity contribution in [3.8, 4) is 79.0 Å². The zero-order valence-electron chi connectivity index (χ0n) is 31.0. The number of H-pyrrole nitrogens is 2. The van der Waals surface area contributed by atoms with Gasteiger partial charge in [-0.2, -0.15) is 0 Å². The number of hydrogen-bond donors (Lipinski definition) is 2. The number of hydrogen-bond acceptors (Lipinski definition) is 8. The topological polar surface area (TPSA) is 113 Å². The van der Waals surface area contributed by atoms with E-state index in [0.717, 1.165) is 11.1 Å². The quantitative estimate of drug-likeness (QED) is 0.133. The predicted octanol–water partition coefficient (Wildman–Crippen LogP) is 8.10. The molecule has 60 heavy (non-hydrogen) atoms. The van der Waals surface area contributed by atoms with E-state index >= 15 is 0 Å². The summed E-state index contributed by atoms with van der Waals surface area (Å²) in [5.74, 6) is 2.96. The summed E-state index contributed by atoms with van der Waals surface area (Å²) in [4.78, 5) is 18.1. The van der Waals surface area contributed by atoms with Gasteiger partial charge in [0.1, 0.15) is 34.5 Å². The van der Waals surface area contributed by atoms with Crippen molar-refractivity contribution in [2.45, 2.75) is 0 Å². The van der Waals surface area contributed by atoms with Crippen molar-refractivity contribution < 1.29 is 26.6 Å². The second kappa shape index (κ2) is 16.7. The van der Waals surface area contributed by atoms with E-state index in [4.69, 9.17) is 36.5 Å². The standard InChI is InChI=1S/C44H24N4O6Si6/c55-49-32-9-4-10-33(50-56)42(32)39-26-17-15-24(45-26)38(23-7-2-1-3-8-23)25-16-18-27(46-25)40(43-34(51-57)11-5-12-35(43)52-58)29-20-22-31(48-29)41(30-21-19-28(39)47-30)44-36(53-59)13-6-14-37(44)54-60/h1-22,47-48H. The predicted molar refractivity (Wildman–Crippen MR) is 239 cm³/mol. The van der Waals surface area contributed by atoms with E-state index in [2.05, 4.69) is 72.9 Å². The Balaban J connectivity index is 1.54. The molecule has 7 aromatic rings. The first kappa shape index (κ1) is 39.1. The molecule has 16 heteroatoms. The number of aromatic nitrogens is 4. The van der Waals surface area contributed by atoms with Gasteiger partial charge in [-0.05, 0) is 90.5 Å². The minimum absolute atomic E-state index is 0.487. The van der Waals surface area contributed by atoms with Gasteiger partial charge in [-0.25, -0.2) is 9.97 Å². The van der Waals surface area contributed by atoms with Crippen LogP contribution in [-0.4, -0.2) is 82.9 Å². The average Bonchev–Trinajstić information content (AvgIpc) is 4.15. The number of aromatic amines is 2. The molecule has 0 saturated carbocycles. The molecule has 4 aromatic carbocycles. The molecule has 2 aliphatic rings. The van der Waals surface area contributed by atoms with Gasteiger partial charge in [0.2, 0.25) is 0 Å². The first-order valence-corrected chi connectivity index (χ1v) is 20.6. The zero-order chi connectivity index (χ0) is 41.3. The molecule has 0 fully saturated rings. The summed E-state index contributed by atoms with van der Waals surface area (Å²) in [7, 11) is 19.8. The van der Waals surface area contributed by atoms with Gasteiger partial charge >= 0.3 is 62.9 Å². The molecule has 2 N–H and O–H groups in total. The smallest absolute Gasteiger partial charge is 0.341 e. The Kier molecular flexibility index (Phi) is 10.9. The highest BCUT2D eigenvalue weighted by molar-refractivity contribution is 6.09. The largest absolute Gasteiger partial charge is 0.540 e. The lowest BCUT2D eigenvalue weighted by molar-refractivity contribution is 0.591. The molecule has 280 valence electrons. The molecule has 3 aromatic heterocycles. The Morgan fingerprint density at radius 3 is 0.933 bits per heavy atom. The maximum Gasteiger partial charge on any atom is 0.341 e. The third kappa shape index (κ3) is 6.77. The van der Waals surface area contributed by atoms with Crippen LogP contribution in [-0.2, 0) is 0 Å². The van der Waals surface area contributed by atoms with Crippen molar-refractivity contribution in [2.24, 2.45) is 0 Å². The van der Waals surface area contributed by atoms with E-state index in [1.165, 1.54) is 0 Å². The maximum atomic E-state index is 5.80. The van der Waals surface area contributed by atoms with Crippen molar-refractivity contribution in [3.63, 3.8) is 0 Å². The molecule has 0 saturated heterocycles. The number of nitrogens with one attached hydrogen (secondary N) is 2. The summed E-state index contributed by atoms with van der Waals surface area (Å²) < 4.78 is 34.7. The average molecular weight is 873 g/mol. The Bertz CT molecular complexity index is 2820. The summed E-state index contributed by atoms with van der Waals surface area (Å²) in [6.07, 6.45) is 7.94. The highest BCUT2D eigenvalue weighted by Gasteiger charge is 2.25. The minimum atomic E-state index is 0.487. The first-order valence-electron chi connectivity index (χ1n) is 18.1. The molecule has 10 nitrogen and oxygen atoms in total. The first-order chi connectivity index (χ1) is 29.5. The molecular weight excluding hydrogens is 849 g/mol. The fourth-order valence-electron chi connectivity index (χ4n) is 7.68. The van der Waals surface area contributed by atoms with Gasteiger partial charge in [0, 0.05) is 44.3 Å². The number of rotatable bonds is 10. The third-order valence-electron chi connectivity index (χ3n) is 10.2. The molecule has 5 heterocycles. The lowest BCUT2D eigenvalue weighted by Gasteiger charge is -2.15. The van der Waals surface area contributed by atoms with Gasteiger partial charge in [-0.3, -0.25) is 0 Å². The molecule has 8 bridgehead atoms. The minimum Gasteiger partial charge on any atom is -0.540 e. The normalized spacial score (nSPS) is 11.7. The van der Waals surface area contributed by atoms with Crippen LogP contribution in [0.3, 0.4) is 0 Å². The van der Waals surface area contributed by atoms with Gasteiger partial charge in [-0.15, -0.1) is 0 Å². The van der Waals surface area contributed by atoms with Crippen molar-refractivity contribution in [1.29, 1.82) is 0 Å². The molecule has 0 unspecified atom stereocenters. The highest BCUT2D eigenvalue weighted by atomic mass is 28.2. The van der Waals surface area contributed by atoms with Crippen LogP contribution in [0.15, 0.2) is 109 Å². The summed E-state index contributed by atoms with van der Waals surface area (Å²) in [6, 6.07) is 34.6. The van der Waals surface area contributed by atoms with Crippen LogP contribution in [0.5, 0.6) is 34.5 Å². The maximum absolute atomic E-state index is 5.80. The summed E-state index contributed by atoms with van der Waals surface area (Å²) in [6.45, 7) is 0. The Labute approximate surface area is 364 Å². The Morgan fingerprint density at radius 1 is 0.300 bits per heavy atom. The van der Waals surface area contributed by atoms with E-state index in [9.17, 15) is 0 Å². The molecule has 9 rings (SSSR count).